The summed E-state index contributed by atoms with van der Waals surface area (Å²) in [5, 5.41) is 12.5. The number of hydrogen-bond donors (Lipinski definition) is 2. The minimum absolute atomic E-state index is 0.0812. The summed E-state index contributed by atoms with van der Waals surface area (Å²) in [6, 6.07) is 23.7. The molecule has 4 aliphatic heterocycles. The van der Waals surface area contributed by atoms with E-state index >= 15 is 0 Å². The van der Waals surface area contributed by atoms with Crippen LogP contribution in [0.5, 0.6) is 23.0 Å². The Balaban J connectivity index is 0.788. The Hall–Kier alpha value is -5.62. The summed E-state index contributed by atoms with van der Waals surface area (Å²) in [5.41, 5.74) is 5.61. The van der Waals surface area contributed by atoms with Crippen LogP contribution >= 0.6 is 0 Å². The molecule has 0 spiro atoms. The van der Waals surface area contributed by atoms with Crippen molar-refractivity contribution < 1.29 is 38.1 Å². The molecule has 2 N–H and O–H groups in total. The van der Waals surface area contributed by atoms with Gasteiger partial charge >= 0.3 is 0 Å². The Labute approximate surface area is 325 Å². The lowest BCUT2D eigenvalue weighted by Crippen LogP contribution is -2.52. The van der Waals surface area contributed by atoms with Gasteiger partial charge in [-0.2, -0.15) is 0 Å². The number of hydrogen-bond acceptors (Lipinski definition) is 9. The molecule has 292 valence electrons. The lowest BCUT2D eigenvalue weighted by molar-refractivity contribution is -0.136. The molecule has 2 saturated heterocycles. The summed E-state index contributed by atoms with van der Waals surface area (Å²) in [4.78, 5) is 43.6. The predicted molar refractivity (Wildman–Crippen MR) is 208 cm³/mol. The van der Waals surface area contributed by atoms with Gasteiger partial charge in [-0.05, 0) is 97.4 Å². The highest BCUT2D eigenvalue weighted by Gasteiger charge is 2.39. The second-order valence-corrected chi connectivity index (χ2v) is 15.1. The molecule has 0 aromatic heterocycles. The number of rotatable bonds is 12. The smallest absolute Gasteiger partial charge is 0.255 e. The van der Waals surface area contributed by atoms with Crippen LogP contribution in [0.4, 0.5) is 10.1 Å². The number of anilines is 1. The van der Waals surface area contributed by atoms with Crippen LogP contribution in [0.25, 0.3) is 0 Å². The van der Waals surface area contributed by atoms with E-state index in [1.807, 2.05) is 30.3 Å². The topological polar surface area (TPSA) is 121 Å². The number of nitrogens with one attached hydrogen (secondary N) is 1. The fraction of sp³-hybridized carbons (Fsp3) is 0.386. The molecule has 4 aliphatic rings. The van der Waals surface area contributed by atoms with Gasteiger partial charge in [0.25, 0.3) is 5.91 Å². The number of piperidine rings is 1. The van der Waals surface area contributed by atoms with Gasteiger partial charge in [0.2, 0.25) is 11.8 Å². The highest BCUT2D eigenvalue weighted by atomic mass is 19.1. The molecule has 4 aromatic rings. The van der Waals surface area contributed by atoms with E-state index in [1.165, 1.54) is 13.2 Å². The predicted octanol–water partition coefficient (Wildman–Crippen LogP) is 5.98. The molecule has 0 aliphatic carbocycles. The van der Waals surface area contributed by atoms with Crippen LogP contribution in [0.2, 0.25) is 0 Å². The van der Waals surface area contributed by atoms with Crippen LogP contribution in [0, 0.1) is 5.82 Å². The van der Waals surface area contributed by atoms with E-state index in [9.17, 15) is 23.9 Å². The van der Waals surface area contributed by atoms with Crippen LogP contribution in [-0.4, -0.2) is 91.7 Å². The van der Waals surface area contributed by atoms with Crippen LogP contribution in [0.1, 0.15) is 76.6 Å². The lowest BCUT2D eigenvalue weighted by atomic mass is 9.76. The third-order valence-corrected chi connectivity index (χ3v) is 11.6. The summed E-state index contributed by atoms with van der Waals surface area (Å²) in [7, 11) is 1.46. The molecule has 0 saturated carbocycles. The molecule has 4 heterocycles. The van der Waals surface area contributed by atoms with Gasteiger partial charge in [-0.1, -0.05) is 24.3 Å². The lowest BCUT2D eigenvalue weighted by Gasteiger charge is -2.36. The van der Waals surface area contributed by atoms with Crippen molar-refractivity contribution in [2.45, 2.75) is 56.5 Å². The molecular weight excluding hydrogens is 716 g/mol. The third-order valence-electron chi connectivity index (χ3n) is 11.6. The van der Waals surface area contributed by atoms with Crippen molar-refractivity contribution in [3.8, 4) is 23.0 Å². The molecule has 0 radical (unpaired) electrons. The van der Waals surface area contributed by atoms with Gasteiger partial charge < -0.3 is 29.1 Å². The molecule has 4 aromatic carbocycles. The number of nitrogens with zero attached hydrogens (tertiary/aromatic N) is 3. The summed E-state index contributed by atoms with van der Waals surface area (Å²) in [6.45, 7) is 6.17. The van der Waals surface area contributed by atoms with Crippen molar-refractivity contribution in [2.75, 3.05) is 57.9 Å². The normalized spacial score (nSPS) is 21.0. The number of piperazine rings is 1. The first-order valence-electron chi connectivity index (χ1n) is 19.5. The van der Waals surface area contributed by atoms with Crippen molar-refractivity contribution in [3.05, 3.63) is 112 Å². The summed E-state index contributed by atoms with van der Waals surface area (Å²) in [5.74, 6) is 0.383. The molecule has 3 amide bonds. The summed E-state index contributed by atoms with van der Waals surface area (Å²) in [6.07, 6.45) is 3.72. The number of imide groups is 1. The number of fused-ring (bicyclic) bond motifs is 2. The first-order chi connectivity index (χ1) is 27.2. The monoisotopic (exact) mass is 762 g/mol. The van der Waals surface area contributed by atoms with E-state index in [0.29, 0.717) is 37.5 Å². The minimum Gasteiger partial charge on any atom is -0.508 e. The maximum atomic E-state index is 14.3. The van der Waals surface area contributed by atoms with Crippen molar-refractivity contribution in [1.29, 1.82) is 0 Å². The van der Waals surface area contributed by atoms with E-state index < -0.39 is 11.9 Å². The molecule has 8 rings (SSSR count). The van der Waals surface area contributed by atoms with E-state index in [4.69, 9.17) is 14.2 Å². The Morgan fingerprint density at radius 3 is 2.48 bits per heavy atom. The first-order valence-corrected chi connectivity index (χ1v) is 19.5. The number of carbonyl (C=O) groups is 3. The first kappa shape index (κ1) is 37.3. The van der Waals surface area contributed by atoms with E-state index in [2.05, 4.69) is 33.3 Å². The zero-order chi connectivity index (χ0) is 38.8. The van der Waals surface area contributed by atoms with Gasteiger partial charge in [0.15, 0.2) is 11.6 Å². The van der Waals surface area contributed by atoms with Crippen molar-refractivity contribution in [2.24, 2.45) is 0 Å². The number of amides is 3. The Bertz CT molecular complexity index is 2100. The second-order valence-electron chi connectivity index (χ2n) is 15.1. The van der Waals surface area contributed by atoms with Gasteiger partial charge in [-0.25, -0.2) is 4.39 Å². The molecule has 56 heavy (non-hydrogen) atoms. The van der Waals surface area contributed by atoms with Gasteiger partial charge in [0.1, 0.15) is 23.3 Å². The average Bonchev–Trinajstić information content (AvgIpc) is 3.54. The zero-order valence-electron chi connectivity index (χ0n) is 31.5. The van der Waals surface area contributed by atoms with Gasteiger partial charge in [0, 0.05) is 73.9 Å². The van der Waals surface area contributed by atoms with Crippen LogP contribution in [0.15, 0.2) is 78.9 Å². The minimum atomic E-state index is -0.604. The maximum Gasteiger partial charge on any atom is 0.255 e. The molecule has 12 heteroatoms. The number of carbonyl (C=O) groups excluding carboxylic acids is 3. The Morgan fingerprint density at radius 1 is 0.893 bits per heavy atom. The Kier molecular flexibility index (Phi) is 10.8. The summed E-state index contributed by atoms with van der Waals surface area (Å²) < 4.78 is 31.8. The highest BCUT2D eigenvalue weighted by Crippen LogP contribution is 2.47. The Morgan fingerprint density at radius 2 is 1.70 bits per heavy atom. The van der Waals surface area contributed by atoms with E-state index in [1.54, 1.807) is 29.2 Å². The van der Waals surface area contributed by atoms with Crippen molar-refractivity contribution in [3.63, 3.8) is 0 Å². The number of ether oxygens (including phenoxy) is 3. The molecule has 2 fully saturated rings. The maximum absolute atomic E-state index is 14.3. The SMILES string of the molecule is COc1cc([C@@H]2COc3cc(O)ccc3[C@@H]2c2ccc(OCCCCCN3CCN(c4ccc5c(c4)CN(C4CCC(=O)NC4=O)C5=O)CC3)cc2)ccc1F. The highest BCUT2D eigenvalue weighted by molar-refractivity contribution is 6.05. The summed E-state index contributed by atoms with van der Waals surface area (Å²) >= 11 is 0. The number of unbranched alkanes of at least 4 members (excludes halogenated alkanes) is 2. The van der Waals surface area contributed by atoms with Crippen molar-refractivity contribution in [1.82, 2.24) is 15.1 Å². The van der Waals surface area contributed by atoms with Gasteiger partial charge in [-0.15, -0.1) is 0 Å². The standard InChI is InChI=1S/C44H47FN4O7/c1-54-40-24-29(7-14-37(40)45)36-27-56-39-25-32(50)9-13-35(39)42(36)28-5-10-33(11-6-28)55-22-4-2-3-17-47-18-20-48(21-19-47)31-8-12-34-30(23-31)26-49(44(34)53)38-15-16-41(51)46-43(38)52/h5-14,23-25,36,38,42,50H,2-4,15-22,26-27H2,1H3,(H,46,51,52)/t36-,38?,42-/m0/s1. The molecule has 0 bridgehead atoms. The molecule has 11 nitrogen and oxygen atoms in total. The van der Waals surface area contributed by atoms with Crippen LogP contribution in [-0.2, 0) is 16.1 Å². The second kappa shape index (κ2) is 16.2. The number of halogens is 1. The number of methoxy groups -OCH3 is 1. The zero-order valence-corrected chi connectivity index (χ0v) is 31.5. The third kappa shape index (κ3) is 7.75. The van der Waals surface area contributed by atoms with Crippen LogP contribution in [0.3, 0.4) is 0 Å². The van der Waals surface area contributed by atoms with Crippen molar-refractivity contribution >= 4 is 23.4 Å². The largest absolute Gasteiger partial charge is 0.508 e. The molecule has 1 unspecified atom stereocenters. The number of phenols is 1. The number of aromatic hydroxyl groups is 1. The van der Waals surface area contributed by atoms with E-state index in [-0.39, 0.29) is 47.5 Å². The fourth-order valence-electron chi connectivity index (χ4n) is 8.57. The number of benzene rings is 4. The van der Waals surface area contributed by atoms with Gasteiger partial charge in [0.05, 0.1) is 20.3 Å². The van der Waals surface area contributed by atoms with Crippen LogP contribution < -0.4 is 24.4 Å². The van der Waals surface area contributed by atoms with Gasteiger partial charge in [-0.3, -0.25) is 24.6 Å². The quantitative estimate of drug-likeness (QED) is 0.133. The molecule has 3 atom stereocenters. The number of phenolic OH excluding ortho intramolecular Hbond substituents is 1. The fourth-order valence-corrected chi connectivity index (χ4v) is 8.57. The molecular formula is C44H47FN4O7. The average molecular weight is 763 g/mol. The van der Waals surface area contributed by atoms with E-state index in [0.717, 1.165) is 85.7 Å².